The number of nitrogens with one attached hydrogen (secondary N) is 2. The molecule has 0 radical (unpaired) electrons. The number of anilines is 2. The van der Waals surface area contributed by atoms with Gasteiger partial charge in [-0.2, -0.15) is 0 Å². The summed E-state index contributed by atoms with van der Waals surface area (Å²) in [6.07, 6.45) is 8.03. The van der Waals surface area contributed by atoms with Gasteiger partial charge in [-0.05, 0) is 43.2 Å². The van der Waals surface area contributed by atoms with Crippen LogP contribution in [0.2, 0.25) is 5.02 Å². The lowest BCUT2D eigenvalue weighted by atomic mass is 9.95. The van der Waals surface area contributed by atoms with Gasteiger partial charge in [0.15, 0.2) is 0 Å². The number of carbonyl (C=O) groups is 1. The molecule has 2 N–H and O–H groups in total. The second-order valence-electron chi connectivity index (χ2n) is 5.88. The number of halogens is 1. The van der Waals surface area contributed by atoms with Crippen LogP contribution in [0.3, 0.4) is 0 Å². The molecule has 1 heterocycles. The summed E-state index contributed by atoms with van der Waals surface area (Å²) in [6.45, 7) is 0. The van der Waals surface area contributed by atoms with Gasteiger partial charge >= 0.3 is 0 Å². The first-order valence-electron chi connectivity index (χ1n) is 8.00. The molecule has 0 aliphatic heterocycles. The van der Waals surface area contributed by atoms with Gasteiger partial charge in [0.05, 0.1) is 11.9 Å². The molecule has 0 spiro atoms. The van der Waals surface area contributed by atoms with Gasteiger partial charge in [-0.15, -0.1) is 0 Å². The lowest BCUT2D eigenvalue weighted by Gasteiger charge is -2.23. The van der Waals surface area contributed by atoms with Crippen LogP contribution in [0.1, 0.15) is 42.6 Å². The Hall–Kier alpha value is -2.07. The standard InChI is InChI=1S/C18H20ClN3O/c19-13-5-4-8-15(11-13)22-18(23)17-10-9-16(12-20-17)21-14-6-2-1-3-7-14/h4-5,8-12,14,21H,1-3,6-7H2,(H,22,23). The molecular weight excluding hydrogens is 310 g/mol. The lowest BCUT2D eigenvalue weighted by Crippen LogP contribution is -2.22. The SMILES string of the molecule is O=C(Nc1cccc(Cl)c1)c1ccc(NC2CCCCC2)cn1. The van der Waals surface area contributed by atoms with Crippen LogP contribution in [0, 0.1) is 0 Å². The number of carbonyl (C=O) groups excluding carboxylic acids is 1. The molecule has 1 aromatic heterocycles. The summed E-state index contributed by atoms with van der Waals surface area (Å²) in [5, 5.41) is 6.87. The first-order chi connectivity index (χ1) is 11.2. The summed E-state index contributed by atoms with van der Waals surface area (Å²) < 4.78 is 0. The molecule has 0 bridgehead atoms. The summed E-state index contributed by atoms with van der Waals surface area (Å²) >= 11 is 5.91. The van der Waals surface area contributed by atoms with E-state index in [0.29, 0.717) is 22.4 Å². The van der Waals surface area contributed by atoms with Crippen molar-refractivity contribution in [1.82, 2.24) is 4.98 Å². The number of benzene rings is 1. The van der Waals surface area contributed by atoms with Crippen molar-refractivity contribution in [2.45, 2.75) is 38.1 Å². The van der Waals surface area contributed by atoms with E-state index in [9.17, 15) is 4.79 Å². The monoisotopic (exact) mass is 329 g/mol. The minimum atomic E-state index is -0.239. The summed E-state index contributed by atoms with van der Waals surface area (Å²) in [4.78, 5) is 16.4. The quantitative estimate of drug-likeness (QED) is 0.852. The van der Waals surface area contributed by atoms with E-state index >= 15 is 0 Å². The Morgan fingerprint density at radius 2 is 1.91 bits per heavy atom. The normalized spacial score (nSPS) is 15.2. The van der Waals surface area contributed by atoms with E-state index in [1.807, 2.05) is 6.07 Å². The Morgan fingerprint density at radius 3 is 2.61 bits per heavy atom. The highest BCUT2D eigenvalue weighted by Gasteiger charge is 2.13. The third-order valence-electron chi connectivity index (χ3n) is 4.05. The zero-order valence-electron chi connectivity index (χ0n) is 12.9. The van der Waals surface area contributed by atoms with Crippen molar-refractivity contribution in [2.24, 2.45) is 0 Å². The van der Waals surface area contributed by atoms with Crippen LogP contribution >= 0.6 is 11.6 Å². The molecule has 1 fully saturated rings. The van der Waals surface area contributed by atoms with Crippen molar-refractivity contribution in [3.05, 3.63) is 53.3 Å². The van der Waals surface area contributed by atoms with Gasteiger partial charge in [-0.1, -0.05) is 36.9 Å². The Labute approximate surface area is 141 Å². The molecule has 120 valence electrons. The number of hydrogen-bond donors (Lipinski definition) is 2. The smallest absolute Gasteiger partial charge is 0.274 e. The van der Waals surface area contributed by atoms with Crippen LogP contribution in [0.4, 0.5) is 11.4 Å². The molecule has 0 atom stereocenters. The van der Waals surface area contributed by atoms with Gasteiger partial charge in [0, 0.05) is 16.8 Å². The number of rotatable bonds is 4. The first-order valence-corrected chi connectivity index (χ1v) is 8.38. The molecule has 1 aliphatic rings. The van der Waals surface area contributed by atoms with Gasteiger partial charge in [-0.25, -0.2) is 4.98 Å². The van der Waals surface area contributed by atoms with Crippen LogP contribution in [0.5, 0.6) is 0 Å². The van der Waals surface area contributed by atoms with Gasteiger partial charge in [0.25, 0.3) is 5.91 Å². The van der Waals surface area contributed by atoms with E-state index in [0.717, 1.165) is 5.69 Å². The third kappa shape index (κ3) is 4.45. The fraction of sp³-hybridized carbons (Fsp3) is 0.333. The van der Waals surface area contributed by atoms with Crippen molar-refractivity contribution >= 4 is 28.9 Å². The maximum Gasteiger partial charge on any atom is 0.274 e. The van der Waals surface area contributed by atoms with Gasteiger partial charge in [-0.3, -0.25) is 4.79 Å². The Bertz CT molecular complexity index is 666. The Kier molecular flexibility index (Phi) is 5.13. The number of amides is 1. The zero-order chi connectivity index (χ0) is 16.1. The lowest BCUT2D eigenvalue weighted by molar-refractivity contribution is 0.102. The fourth-order valence-electron chi connectivity index (χ4n) is 2.86. The average Bonchev–Trinajstić information content (AvgIpc) is 2.56. The Balaban J connectivity index is 1.60. The van der Waals surface area contributed by atoms with Gasteiger partial charge in [0.1, 0.15) is 5.69 Å². The van der Waals surface area contributed by atoms with E-state index in [1.54, 1.807) is 36.5 Å². The number of nitrogens with zero attached hydrogens (tertiary/aromatic N) is 1. The summed E-state index contributed by atoms with van der Waals surface area (Å²) in [6, 6.07) is 11.2. The van der Waals surface area contributed by atoms with Crippen molar-refractivity contribution in [3.63, 3.8) is 0 Å². The van der Waals surface area contributed by atoms with E-state index in [4.69, 9.17) is 11.6 Å². The number of hydrogen-bond acceptors (Lipinski definition) is 3. The molecule has 23 heavy (non-hydrogen) atoms. The highest BCUT2D eigenvalue weighted by atomic mass is 35.5. The number of aromatic nitrogens is 1. The van der Waals surface area contributed by atoms with Crippen LogP contribution in [0.15, 0.2) is 42.6 Å². The zero-order valence-corrected chi connectivity index (χ0v) is 13.6. The van der Waals surface area contributed by atoms with E-state index in [2.05, 4.69) is 15.6 Å². The fourth-order valence-corrected chi connectivity index (χ4v) is 3.05. The highest BCUT2D eigenvalue weighted by molar-refractivity contribution is 6.30. The molecule has 1 aromatic carbocycles. The second kappa shape index (κ2) is 7.47. The molecule has 1 aliphatic carbocycles. The van der Waals surface area contributed by atoms with Crippen LogP contribution in [0.25, 0.3) is 0 Å². The molecular formula is C18H20ClN3O. The largest absolute Gasteiger partial charge is 0.381 e. The molecule has 0 unspecified atom stereocenters. The van der Waals surface area contributed by atoms with Crippen LogP contribution in [-0.2, 0) is 0 Å². The predicted molar refractivity (Wildman–Crippen MR) is 94.1 cm³/mol. The molecule has 1 saturated carbocycles. The van der Waals surface area contributed by atoms with Gasteiger partial charge < -0.3 is 10.6 Å². The summed E-state index contributed by atoms with van der Waals surface area (Å²) in [5.74, 6) is -0.239. The Morgan fingerprint density at radius 1 is 1.09 bits per heavy atom. The maximum atomic E-state index is 12.2. The molecule has 4 nitrogen and oxygen atoms in total. The topological polar surface area (TPSA) is 54.0 Å². The highest BCUT2D eigenvalue weighted by Crippen LogP contribution is 2.21. The minimum Gasteiger partial charge on any atom is -0.381 e. The molecule has 3 rings (SSSR count). The molecule has 2 aromatic rings. The van der Waals surface area contributed by atoms with Crippen LogP contribution in [-0.4, -0.2) is 16.9 Å². The minimum absolute atomic E-state index is 0.239. The third-order valence-corrected chi connectivity index (χ3v) is 4.29. The molecule has 0 saturated heterocycles. The maximum absolute atomic E-state index is 12.2. The summed E-state index contributed by atoms with van der Waals surface area (Å²) in [7, 11) is 0. The number of pyridine rings is 1. The summed E-state index contributed by atoms with van der Waals surface area (Å²) in [5.41, 5.74) is 2.02. The van der Waals surface area contributed by atoms with Gasteiger partial charge in [0.2, 0.25) is 0 Å². The first kappa shape index (κ1) is 15.8. The van der Waals surface area contributed by atoms with Crippen molar-refractivity contribution in [1.29, 1.82) is 0 Å². The van der Waals surface area contributed by atoms with Crippen molar-refractivity contribution in [2.75, 3.05) is 10.6 Å². The molecule has 1 amide bonds. The van der Waals surface area contributed by atoms with Crippen molar-refractivity contribution in [3.8, 4) is 0 Å². The van der Waals surface area contributed by atoms with E-state index in [-0.39, 0.29) is 5.91 Å². The second-order valence-corrected chi connectivity index (χ2v) is 6.31. The van der Waals surface area contributed by atoms with E-state index in [1.165, 1.54) is 32.1 Å². The van der Waals surface area contributed by atoms with E-state index < -0.39 is 0 Å². The van der Waals surface area contributed by atoms with Crippen LogP contribution < -0.4 is 10.6 Å². The average molecular weight is 330 g/mol. The molecule has 5 heteroatoms. The predicted octanol–water partition coefficient (Wildman–Crippen LogP) is 4.73. The van der Waals surface area contributed by atoms with Crippen molar-refractivity contribution < 1.29 is 4.79 Å².